The van der Waals surface area contributed by atoms with Crippen LogP contribution in [0.3, 0.4) is 0 Å². The van der Waals surface area contributed by atoms with Crippen molar-refractivity contribution in [3.05, 3.63) is 106 Å². The molecule has 0 bridgehead atoms. The minimum Gasteiger partial charge on any atom is -0.334 e. The largest absolute Gasteiger partial charge is 0.334 e. The Morgan fingerprint density at radius 3 is 2.31 bits per heavy atom. The van der Waals surface area contributed by atoms with Crippen molar-refractivity contribution >= 4 is 15.9 Å². The zero-order valence-corrected chi connectivity index (χ0v) is 15.6. The van der Waals surface area contributed by atoms with E-state index < -0.39 is 0 Å². The van der Waals surface area contributed by atoms with Gasteiger partial charge in [-0.2, -0.15) is 4.98 Å². The van der Waals surface area contributed by atoms with Crippen LogP contribution < -0.4 is 0 Å². The molecule has 0 fully saturated rings. The van der Waals surface area contributed by atoms with Crippen molar-refractivity contribution in [3.63, 3.8) is 0 Å². The second-order valence-corrected chi connectivity index (χ2v) is 7.04. The van der Waals surface area contributed by atoms with Crippen molar-refractivity contribution in [2.24, 2.45) is 0 Å². The van der Waals surface area contributed by atoms with E-state index in [1.54, 1.807) is 0 Å². The summed E-state index contributed by atoms with van der Waals surface area (Å²) in [5.41, 5.74) is 3.33. The molecular weight excluding hydrogens is 388 g/mol. The van der Waals surface area contributed by atoms with Gasteiger partial charge in [-0.15, -0.1) is 0 Å². The third-order valence-corrected chi connectivity index (χ3v) is 4.80. The number of aromatic nitrogens is 2. The first-order valence-electron chi connectivity index (χ1n) is 8.48. The first-order valence-corrected chi connectivity index (χ1v) is 9.27. The predicted molar refractivity (Wildman–Crippen MR) is 106 cm³/mol. The lowest BCUT2D eigenvalue weighted by Crippen LogP contribution is -2.07. The highest BCUT2D eigenvalue weighted by Crippen LogP contribution is 2.29. The second-order valence-electron chi connectivity index (χ2n) is 6.12. The molecule has 26 heavy (non-hydrogen) atoms. The summed E-state index contributed by atoms with van der Waals surface area (Å²) in [6.07, 6.45) is 0.803. The minimum absolute atomic E-state index is 0.0340. The first-order chi connectivity index (χ1) is 12.8. The van der Waals surface area contributed by atoms with Crippen LogP contribution in [0.4, 0.5) is 0 Å². The van der Waals surface area contributed by atoms with E-state index in [9.17, 15) is 0 Å². The summed E-state index contributed by atoms with van der Waals surface area (Å²) in [5, 5.41) is 4.29. The lowest BCUT2D eigenvalue weighted by molar-refractivity contribution is 0.419. The molecule has 3 aromatic carbocycles. The second kappa shape index (κ2) is 7.67. The van der Waals surface area contributed by atoms with Crippen LogP contribution in [-0.4, -0.2) is 10.1 Å². The first kappa shape index (κ1) is 16.7. The SMILES string of the molecule is Brc1cccc(CC(c2ccccc2)c2noc(-c3ccccc3)n2)c1. The average Bonchev–Trinajstić information content (AvgIpc) is 3.17. The predicted octanol–water partition coefficient (Wildman–Crippen LogP) is 5.87. The molecular formula is C22H17BrN2O. The molecule has 4 rings (SSSR count). The van der Waals surface area contributed by atoms with E-state index >= 15 is 0 Å². The lowest BCUT2D eigenvalue weighted by atomic mass is 9.91. The number of halogens is 1. The summed E-state index contributed by atoms with van der Waals surface area (Å²) in [5.74, 6) is 1.29. The molecule has 0 aliphatic carbocycles. The molecule has 0 spiro atoms. The molecule has 0 aliphatic rings. The van der Waals surface area contributed by atoms with Crippen molar-refractivity contribution in [1.29, 1.82) is 0 Å². The van der Waals surface area contributed by atoms with Crippen molar-refractivity contribution < 1.29 is 4.52 Å². The summed E-state index contributed by atoms with van der Waals surface area (Å²) >= 11 is 3.55. The van der Waals surface area contributed by atoms with E-state index in [0.29, 0.717) is 11.7 Å². The standard InChI is InChI=1S/C22H17BrN2O/c23-19-13-7-8-16(14-19)15-20(17-9-3-1-4-10-17)21-24-22(26-25-21)18-11-5-2-6-12-18/h1-14,20H,15H2. The highest BCUT2D eigenvalue weighted by Gasteiger charge is 2.21. The van der Waals surface area contributed by atoms with Crippen LogP contribution in [0, 0.1) is 0 Å². The van der Waals surface area contributed by atoms with Crippen molar-refractivity contribution in [2.45, 2.75) is 12.3 Å². The number of hydrogen-bond acceptors (Lipinski definition) is 3. The molecule has 1 unspecified atom stereocenters. The van der Waals surface area contributed by atoms with Gasteiger partial charge in [-0.1, -0.05) is 81.8 Å². The van der Waals surface area contributed by atoms with Gasteiger partial charge >= 0.3 is 0 Å². The van der Waals surface area contributed by atoms with E-state index in [4.69, 9.17) is 4.52 Å². The molecule has 3 nitrogen and oxygen atoms in total. The molecule has 0 amide bonds. The Kier molecular flexibility index (Phi) is 4.93. The Labute approximate surface area is 160 Å². The maximum atomic E-state index is 5.54. The lowest BCUT2D eigenvalue weighted by Gasteiger charge is -2.14. The number of benzene rings is 3. The van der Waals surface area contributed by atoms with Gasteiger partial charge in [0, 0.05) is 10.0 Å². The maximum absolute atomic E-state index is 5.54. The summed E-state index contributed by atoms with van der Waals surface area (Å²) in [7, 11) is 0. The summed E-state index contributed by atoms with van der Waals surface area (Å²) in [6.45, 7) is 0. The molecule has 0 N–H and O–H groups in total. The molecule has 0 saturated heterocycles. The quantitative estimate of drug-likeness (QED) is 0.417. The summed E-state index contributed by atoms with van der Waals surface area (Å²) < 4.78 is 6.61. The van der Waals surface area contributed by atoms with Gasteiger partial charge in [-0.25, -0.2) is 0 Å². The third kappa shape index (κ3) is 3.75. The van der Waals surface area contributed by atoms with Gasteiger partial charge in [0.1, 0.15) is 0 Å². The molecule has 0 aliphatic heterocycles. The Balaban J connectivity index is 1.70. The van der Waals surface area contributed by atoms with Gasteiger partial charge < -0.3 is 4.52 Å². The number of hydrogen-bond donors (Lipinski definition) is 0. The monoisotopic (exact) mass is 404 g/mol. The van der Waals surface area contributed by atoms with Crippen LogP contribution in [0.15, 0.2) is 93.9 Å². The number of nitrogens with zero attached hydrogens (tertiary/aromatic N) is 2. The van der Waals surface area contributed by atoms with Crippen LogP contribution in [0.5, 0.6) is 0 Å². The average molecular weight is 405 g/mol. The van der Waals surface area contributed by atoms with Crippen molar-refractivity contribution in [1.82, 2.24) is 10.1 Å². The highest BCUT2D eigenvalue weighted by atomic mass is 79.9. The maximum Gasteiger partial charge on any atom is 0.257 e. The smallest absolute Gasteiger partial charge is 0.257 e. The minimum atomic E-state index is 0.0340. The van der Waals surface area contributed by atoms with Crippen LogP contribution in [0.2, 0.25) is 0 Å². The van der Waals surface area contributed by atoms with E-state index in [1.807, 2.05) is 60.7 Å². The molecule has 0 radical (unpaired) electrons. The molecule has 4 aromatic rings. The molecule has 0 saturated carbocycles. The van der Waals surface area contributed by atoms with E-state index in [2.05, 4.69) is 50.3 Å². The van der Waals surface area contributed by atoms with E-state index in [-0.39, 0.29) is 5.92 Å². The van der Waals surface area contributed by atoms with Gasteiger partial charge in [0.15, 0.2) is 5.82 Å². The van der Waals surface area contributed by atoms with Gasteiger partial charge in [-0.3, -0.25) is 0 Å². The zero-order valence-electron chi connectivity index (χ0n) is 14.0. The topological polar surface area (TPSA) is 38.9 Å². The van der Waals surface area contributed by atoms with Gasteiger partial charge in [-0.05, 0) is 41.8 Å². The fourth-order valence-corrected chi connectivity index (χ4v) is 3.46. The summed E-state index contributed by atoms with van der Waals surface area (Å²) in [4.78, 5) is 4.69. The van der Waals surface area contributed by atoms with Gasteiger partial charge in [0.2, 0.25) is 0 Å². The van der Waals surface area contributed by atoms with Gasteiger partial charge in [0.25, 0.3) is 5.89 Å². The zero-order chi connectivity index (χ0) is 17.8. The molecule has 1 heterocycles. The third-order valence-electron chi connectivity index (χ3n) is 4.30. The van der Waals surface area contributed by atoms with Crippen LogP contribution >= 0.6 is 15.9 Å². The van der Waals surface area contributed by atoms with Crippen molar-refractivity contribution in [3.8, 4) is 11.5 Å². The molecule has 1 atom stereocenters. The Hall–Kier alpha value is -2.72. The molecule has 1 aromatic heterocycles. The fourth-order valence-electron chi connectivity index (χ4n) is 3.02. The Morgan fingerprint density at radius 2 is 1.58 bits per heavy atom. The highest BCUT2D eigenvalue weighted by molar-refractivity contribution is 9.10. The molecule has 128 valence electrons. The van der Waals surface area contributed by atoms with Crippen LogP contribution in [0.1, 0.15) is 22.9 Å². The van der Waals surface area contributed by atoms with Crippen molar-refractivity contribution in [2.75, 3.05) is 0 Å². The normalized spacial score (nSPS) is 12.0. The van der Waals surface area contributed by atoms with Crippen LogP contribution in [0.25, 0.3) is 11.5 Å². The van der Waals surface area contributed by atoms with E-state index in [0.717, 1.165) is 16.5 Å². The van der Waals surface area contributed by atoms with E-state index in [1.165, 1.54) is 11.1 Å². The summed E-state index contributed by atoms with van der Waals surface area (Å²) in [6, 6.07) is 28.5. The number of rotatable bonds is 5. The Morgan fingerprint density at radius 1 is 0.846 bits per heavy atom. The van der Waals surface area contributed by atoms with Gasteiger partial charge in [0.05, 0.1) is 5.92 Å². The molecule has 4 heteroatoms. The Bertz CT molecular complexity index is 983. The fraction of sp³-hybridized carbons (Fsp3) is 0.0909. The van der Waals surface area contributed by atoms with Crippen LogP contribution in [-0.2, 0) is 6.42 Å².